The Balaban J connectivity index is 1.24. The molecule has 1 saturated heterocycles. The molecule has 0 bridgehead atoms. The highest BCUT2D eigenvalue weighted by Gasteiger charge is 2.36. The number of anilines is 2. The Labute approximate surface area is 220 Å². The topological polar surface area (TPSA) is 96.3 Å². The number of rotatable bonds is 8. The molecule has 2 aromatic carbocycles. The highest BCUT2D eigenvalue weighted by Crippen LogP contribution is 2.35. The van der Waals surface area contributed by atoms with E-state index >= 15 is 0 Å². The molecule has 2 aliphatic rings. The summed E-state index contributed by atoms with van der Waals surface area (Å²) in [6, 6.07) is 15.9. The van der Waals surface area contributed by atoms with Crippen molar-refractivity contribution in [1.82, 2.24) is 15.1 Å². The van der Waals surface area contributed by atoms with Gasteiger partial charge in [-0.2, -0.15) is 16.9 Å². The number of nitrogens with one attached hydrogen (secondary N) is 2. The first-order valence-electron chi connectivity index (χ1n) is 12.5. The van der Waals surface area contributed by atoms with Crippen LogP contribution in [0.5, 0.6) is 0 Å². The van der Waals surface area contributed by atoms with Crippen LogP contribution in [-0.2, 0) is 38.9 Å². The van der Waals surface area contributed by atoms with Gasteiger partial charge in [-0.15, -0.1) is 0 Å². The van der Waals surface area contributed by atoms with Crippen molar-refractivity contribution < 1.29 is 14.4 Å². The maximum absolute atomic E-state index is 13.3. The number of carbonyl (C=O) groups is 3. The molecule has 192 valence electrons. The normalized spacial score (nSPS) is 16.6. The summed E-state index contributed by atoms with van der Waals surface area (Å²) < 4.78 is 1.60. The summed E-state index contributed by atoms with van der Waals surface area (Å²) in [6.45, 7) is 4.93. The van der Waals surface area contributed by atoms with Crippen LogP contribution < -0.4 is 15.5 Å². The number of hydrogen-bond acceptors (Lipinski definition) is 5. The molecule has 0 aliphatic carbocycles. The maximum atomic E-state index is 13.3. The predicted molar refractivity (Wildman–Crippen MR) is 145 cm³/mol. The van der Waals surface area contributed by atoms with Gasteiger partial charge in [-0.05, 0) is 49.1 Å². The minimum absolute atomic E-state index is 0.0282. The van der Waals surface area contributed by atoms with Gasteiger partial charge in [-0.25, -0.2) is 4.68 Å². The van der Waals surface area contributed by atoms with Crippen molar-refractivity contribution in [2.75, 3.05) is 23.3 Å². The number of benzene rings is 2. The zero-order valence-electron chi connectivity index (χ0n) is 21.1. The predicted octanol–water partition coefficient (Wildman–Crippen LogP) is 3.60. The molecule has 9 heteroatoms. The van der Waals surface area contributed by atoms with Crippen molar-refractivity contribution in [1.29, 1.82) is 0 Å². The van der Waals surface area contributed by atoms with E-state index in [9.17, 15) is 14.4 Å². The summed E-state index contributed by atoms with van der Waals surface area (Å²) in [6.07, 6.45) is 0.902. The molecule has 1 aromatic heterocycles. The number of aryl methyl sites for hydroxylation is 2. The second-order valence-corrected chi connectivity index (χ2v) is 10.7. The summed E-state index contributed by atoms with van der Waals surface area (Å²) in [5.41, 5.74) is 6.11. The number of aromatic nitrogens is 2. The fourth-order valence-corrected chi connectivity index (χ4v) is 5.78. The Morgan fingerprint density at radius 2 is 1.89 bits per heavy atom. The Morgan fingerprint density at radius 3 is 2.68 bits per heavy atom. The van der Waals surface area contributed by atoms with Gasteiger partial charge >= 0.3 is 0 Å². The molecular formula is C28H31N5O3S. The minimum atomic E-state index is -0.470. The van der Waals surface area contributed by atoms with E-state index in [1.165, 1.54) is 0 Å². The highest BCUT2D eigenvalue weighted by atomic mass is 32.2. The van der Waals surface area contributed by atoms with Crippen molar-refractivity contribution in [3.05, 3.63) is 76.5 Å². The van der Waals surface area contributed by atoms with Crippen LogP contribution in [0.4, 0.5) is 11.5 Å². The first-order valence-corrected chi connectivity index (χ1v) is 13.7. The zero-order valence-corrected chi connectivity index (χ0v) is 21.9. The van der Waals surface area contributed by atoms with Crippen LogP contribution >= 0.6 is 11.8 Å². The molecule has 3 heterocycles. The first-order chi connectivity index (χ1) is 17.9. The largest absolute Gasteiger partial charge is 0.354 e. The van der Waals surface area contributed by atoms with Crippen LogP contribution in [0.1, 0.15) is 34.4 Å². The van der Waals surface area contributed by atoms with Crippen molar-refractivity contribution >= 4 is 41.0 Å². The average molecular weight is 518 g/mol. The molecule has 1 atom stereocenters. The molecule has 2 aliphatic heterocycles. The van der Waals surface area contributed by atoms with E-state index in [1.807, 2.05) is 62.4 Å². The molecule has 0 radical (unpaired) electrons. The lowest BCUT2D eigenvalue weighted by atomic mass is 10.1. The monoisotopic (exact) mass is 517 g/mol. The van der Waals surface area contributed by atoms with Crippen LogP contribution in [-0.4, -0.2) is 40.6 Å². The van der Waals surface area contributed by atoms with Gasteiger partial charge in [0, 0.05) is 42.3 Å². The van der Waals surface area contributed by atoms with E-state index in [0.717, 1.165) is 51.6 Å². The number of carbonyl (C=O) groups excluding carboxylic acids is 3. The summed E-state index contributed by atoms with van der Waals surface area (Å²) >= 11 is 1.73. The SMILES string of the molecule is Cc1ccc(N2CC(C(=O)Nc3c4c(nn3CC(=O)NCCc3ccccc3)CSC4)CC2=O)cc1C. The van der Waals surface area contributed by atoms with E-state index in [0.29, 0.717) is 18.9 Å². The Morgan fingerprint density at radius 1 is 1.08 bits per heavy atom. The van der Waals surface area contributed by atoms with Crippen molar-refractivity contribution in [3.63, 3.8) is 0 Å². The Hall–Kier alpha value is -3.59. The van der Waals surface area contributed by atoms with Crippen LogP contribution in [0, 0.1) is 19.8 Å². The van der Waals surface area contributed by atoms with Gasteiger partial charge < -0.3 is 15.5 Å². The van der Waals surface area contributed by atoms with Gasteiger partial charge in [0.1, 0.15) is 12.4 Å². The van der Waals surface area contributed by atoms with Crippen LogP contribution in [0.2, 0.25) is 0 Å². The van der Waals surface area contributed by atoms with E-state index in [4.69, 9.17) is 0 Å². The summed E-state index contributed by atoms with van der Waals surface area (Å²) in [5.74, 6) is 1.15. The molecular weight excluding hydrogens is 486 g/mol. The molecule has 1 fully saturated rings. The molecule has 5 rings (SSSR count). The number of hydrogen-bond donors (Lipinski definition) is 2. The molecule has 0 saturated carbocycles. The van der Waals surface area contributed by atoms with Crippen LogP contribution in [0.25, 0.3) is 0 Å². The molecule has 2 N–H and O–H groups in total. The number of thioether (sulfide) groups is 1. The number of nitrogens with zero attached hydrogens (tertiary/aromatic N) is 3. The van der Waals surface area contributed by atoms with Gasteiger partial charge in [-0.3, -0.25) is 14.4 Å². The van der Waals surface area contributed by atoms with Gasteiger partial charge in [0.25, 0.3) is 0 Å². The van der Waals surface area contributed by atoms with E-state index in [-0.39, 0.29) is 30.7 Å². The van der Waals surface area contributed by atoms with Gasteiger partial charge in [0.15, 0.2) is 0 Å². The molecule has 3 amide bonds. The van der Waals surface area contributed by atoms with E-state index in [2.05, 4.69) is 15.7 Å². The summed E-state index contributed by atoms with van der Waals surface area (Å²) in [7, 11) is 0. The fraction of sp³-hybridized carbons (Fsp3) is 0.357. The number of amides is 3. The number of fused-ring (bicyclic) bond motifs is 1. The van der Waals surface area contributed by atoms with Crippen molar-refractivity contribution in [2.45, 2.75) is 44.7 Å². The second-order valence-electron chi connectivity index (χ2n) is 9.67. The highest BCUT2D eigenvalue weighted by molar-refractivity contribution is 7.98. The molecule has 0 spiro atoms. The Bertz CT molecular complexity index is 1340. The lowest BCUT2D eigenvalue weighted by Gasteiger charge is -2.18. The van der Waals surface area contributed by atoms with Crippen LogP contribution in [0.15, 0.2) is 48.5 Å². The third-order valence-corrected chi connectivity index (χ3v) is 8.00. The second kappa shape index (κ2) is 10.8. The standard InChI is InChI=1S/C28H31N5O3S/c1-18-8-9-22(12-19(18)2)32-14-21(13-26(32)35)28(36)30-27-23-16-37-17-24(23)31-33(27)15-25(34)29-11-10-20-6-4-3-5-7-20/h3-9,12,21H,10-11,13-17H2,1-2H3,(H,29,34)(H,30,36). The molecule has 8 nitrogen and oxygen atoms in total. The third-order valence-electron chi connectivity index (χ3n) is 7.03. The van der Waals surface area contributed by atoms with E-state index in [1.54, 1.807) is 21.3 Å². The summed E-state index contributed by atoms with van der Waals surface area (Å²) in [5, 5.41) is 10.6. The van der Waals surface area contributed by atoms with Crippen molar-refractivity contribution in [3.8, 4) is 0 Å². The minimum Gasteiger partial charge on any atom is -0.354 e. The molecule has 37 heavy (non-hydrogen) atoms. The smallest absolute Gasteiger partial charge is 0.241 e. The first kappa shape index (κ1) is 25.1. The summed E-state index contributed by atoms with van der Waals surface area (Å²) in [4.78, 5) is 40.4. The Kier molecular flexibility index (Phi) is 7.32. The molecule has 3 aromatic rings. The lowest BCUT2D eigenvalue weighted by Crippen LogP contribution is -2.32. The van der Waals surface area contributed by atoms with Crippen molar-refractivity contribution in [2.24, 2.45) is 5.92 Å². The average Bonchev–Trinajstić information content (AvgIpc) is 3.58. The maximum Gasteiger partial charge on any atom is 0.241 e. The quantitative estimate of drug-likeness (QED) is 0.476. The van der Waals surface area contributed by atoms with Crippen LogP contribution in [0.3, 0.4) is 0 Å². The zero-order chi connectivity index (χ0) is 25.9. The fourth-order valence-electron chi connectivity index (χ4n) is 4.75. The van der Waals surface area contributed by atoms with Gasteiger partial charge in [-0.1, -0.05) is 36.4 Å². The van der Waals surface area contributed by atoms with Gasteiger partial charge in [0.05, 0.1) is 11.6 Å². The lowest BCUT2D eigenvalue weighted by molar-refractivity contribution is -0.122. The molecule has 1 unspecified atom stereocenters. The van der Waals surface area contributed by atoms with E-state index < -0.39 is 5.92 Å². The third kappa shape index (κ3) is 5.56. The van der Waals surface area contributed by atoms with Gasteiger partial charge in [0.2, 0.25) is 17.7 Å².